The molecule has 0 bridgehead atoms. The Morgan fingerprint density at radius 3 is 2.55 bits per heavy atom. The largest absolute Gasteiger partial charge is 0.495 e. The number of ether oxygens (including phenoxy) is 1. The van der Waals surface area contributed by atoms with Crippen LogP contribution in [0.4, 0.5) is 4.39 Å². The normalized spacial score (nSPS) is 17.3. The maximum absolute atomic E-state index is 14.1. The predicted octanol–water partition coefficient (Wildman–Crippen LogP) is 4.21. The van der Waals surface area contributed by atoms with Gasteiger partial charge in [-0.05, 0) is 55.5 Å². The quantitative estimate of drug-likeness (QED) is 0.540. The smallest absolute Gasteiger partial charge is 0.247 e. The number of halogens is 1. The van der Waals surface area contributed by atoms with Crippen molar-refractivity contribution in [1.82, 2.24) is 9.21 Å². The third kappa shape index (κ3) is 5.45. The molecule has 1 aliphatic heterocycles. The molecule has 0 aromatic heterocycles. The minimum absolute atomic E-state index is 0.104. The van der Waals surface area contributed by atoms with Gasteiger partial charge >= 0.3 is 0 Å². The Morgan fingerprint density at radius 1 is 1.15 bits per heavy atom. The lowest BCUT2D eigenvalue weighted by Crippen LogP contribution is -2.35. The summed E-state index contributed by atoms with van der Waals surface area (Å²) in [6.45, 7) is 1.20. The van der Waals surface area contributed by atoms with E-state index in [1.54, 1.807) is 47.4 Å². The number of sulfonamides is 1. The second-order valence-electron chi connectivity index (χ2n) is 8.50. The van der Waals surface area contributed by atoms with Crippen molar-refractivity contribution < 1.29 is 22.3 Å². The van der Waals surface area contributed by atoms with E-state index in [0.29, 0.717) is 24.2 Å². The highest BCUT2D eigenvalue weighted by Gasteiger charge is 2.32. The zero-order valence-electron chi connectivity index (χ0n) is 18.7. The zero-order valence-corrected chi connectivity index (χ0v) is 19.6. The lowest BCUT2D eigenvalue weighted by Gasteiger charge is -2.26. The zero-order chi connectivity index (χ0) is 23.4. The lowest BCUT2D eigenvalue weighted by atomic mass is 10.1. The monoisotopic (exact) mass is 472 g/mol. The number of methoxy groups -OCH3 is 1. The Bertz CT molecular complexity index is 1140. The number of amides is 1. The molecule has 33 heavy (non-hydrogen) atoms. The predicted molar refractivity (Wildman–Crippen MR) is 125 cm³/mol. The number of hydrogen-bond acceptors (Lipinski definition) is 4. The van der Waals surface area contributed by atoms with Gasteiger partial charge in [0.25, 0.3) is 0 Å². The van der Waals surface area contributed by atoms with E-state index in [1.165, 1.54) is 23.6 Å². The standard InChI is InChI=1S/C25H29FN2O4S/c1-32-23-13-9-19(17-24(23)33(30,31)27-15-5-2-6-16-27)10-14-25(29)28(21-11-12-21)18-20-7-3-4-8-22(20)26/h3-4,7-10,13-14,17,21H,2,5-6,11-12,15-16,18H2,1H3/b14-10+. The molecule has 2 aromatic rings. The molecule has 1 aliphatic carbocycles. The van der Waals surface area contributed by atoms with Crippen LogP contribution in [-0.4, -0.2) is 49.8 Å². The molecule has 1 heterocycles. The van der Waals surface area contributed by atoms with Crippen LogP contribution < -0.4 is 4.74 Å². The van der Waals surface area contributed by atoms with Gasteiger partial charge in [0, 0.05) is 37.3 Å². The Kier molecular flexibility index (Phi) is 7.14. The molecule has 1 saturated heterocycles. The second kappa shape index (κ2) is 10.1. The Morgan fingerprint density at radius 2 is 1.88 bits per heavy atom. The van der Waals surface area contributed by atoms with Gasteiger partial charge in [0.1, 0.15) is 16.5 Å². The summed E-state index contributed by atoms with van der Waals surface area (Å²) in [5.41, 5.74) is 1.06. The van der Waals surface area contributed by atoms with Crippen molar-refractivity contribution in [1.29, 1.82) is 0 Å². The van der Waals surface area contributed by atoms with E-state index in [2.05, 4.69) is 0 Å². The van der Waals surface area contributed by atoms with E-state index in [0.717, 1.165) is 32.1 Å². The topological polar surface area (TPSA) is 66.9 Å². The van der Waals surface area contributed by atoms with Crippen LogP contribution in [0.1, 0.15) is 43.2 Å². The Hall–Kier alpha value is -2.71. The van der Waals surface area contributed by atoms with Crippen LogP contribution in [0.15, 0.2) is 53.4 Å². The van der Waals surface area contributed by atoms with E-state index in [4.69, 9.17) is 4.74 Å². The fraction of sp³-hybridized carbons (Fsp3) is 0.400. The molecule has 0 unspecified atom stereocenters. The lowest BCUT2D eigenvalue weighted by molar-refractivity contribution is -0.127. The van der Waals surface area contributed by atoms with Gasteiger partial charge in [-0.2, -0.15) is 4.31 Å². The first-order valence-electron chi connectivity index (χ1n) is 11.3. The third-order valence-corrected chi connectivity index (χ3v) is 8.03. The second-order valence-corrected chi connectivity index (χ2v) is 10.4. The number of rotatable bonds is 8. The molecule has 0 atom stereocenters. The maximum atomic E-state index is 14.1. The Labute approximate surface area is 194 Å². The summed E-state index contributed by atoms with van der Waals surface area (Å²) in [6, 6.07) is 11.4. The van der Waals surface area contributed by atoms with Gasteiger partial charge in [0.15, 0.2) is 0 Å². The molecular formula is C25H29FN2O4S. The third-order valence-electron chi connectivity index (χ3n) is 6.11. The fourth-order valence-electron chi connectivity index (χ4n) is 4.09. The van der Waals surface area contributed by atoms with E-state index in [9.17, 15) is 17.6 Å². The van der Waals surface area contributed by atoms with Gasteiger partial charge in [0.05, 0.1) is 7.11 Å². The van der Waals surface area contributed by atoms with Gasteiger partial charge in [-0.1, -0.05) is 30.7 Å². The van der Waals surface area contributed by atoms with Crippen LogP contribution in [0.3, 0.4) is 0 Å². The van der Waals surface area contributed by atoms with Crippen molar-refractivity contribution in [2.75, 3.05) is 20.2 Å². The van der Waals surface area contributed by atoms with Gasteiger partial charge in [-0.3, -0.25) is 4.79 Å². The maximum Gasteiger partial charge on any atom is 0.247 e. The van der Waals surface area contributed by atoms with Crippen LogP contribution in [0.5, 0.6) is 5.75 Å². The van der Waals surface area contributed by atoms with Crippen LogP contribution >= 0.6 is 0 Å². The molecule has 8 heteroatoms. The van der Waals surface area contributed by atoms with Gasteiger partial charge in [-0.15, -0.1) is 0 Å². The van der Waals surface area contributed by atoms with Crippen molar-refractivity contribution in [3.05, 3.63) is 65.5 Å². The van der Waals surface area contributed by atoms with Crippen LogP contribution in [-0.2, 0) is 21.4 Å². The van der Waals surface area contributed by atoms with E-state index >= 15 is 0 Å². The van der Waals surface area contributed by atoms with Gasteiger partial charge in [0.2, 0.25) is 15.9 Å². The first kappa shape index (κ1) is 23.4. The van der Waals surface area contributed by atoms with Crippen LogP contribution in [0, 0.1) is 5.82 Å². The summed E-state index contributed by atoms with van der Waals surface area (Å²) in [5.74, 6) is -0.275. The van der Waals surface area contributed by atoms with Gasteiger partial charge in [-0.25, -0.2) is 12.8 Å². The number of piperidine rings is 1. The molecule has 4 rings (SSSR count). The molecule has 1 amide bonds. The number of carbonyl (C=O) groups is 1. The fourth-order valence-corrected chi connectivity index (χ4v) is 5.80. The Balaban J connectivity index is 1.55. The highest BCUT2D eigenvalue weighted by atomic mass is 32.2. The van der Waals surface area contributed by atoms with Crippen LogP contribution in [0.2, 0.25) is 0 Å². The molecule has 0 radical (unpaired) electrons. The molecule has 2 aromatic carbocycles. The average Bonchev–Trinajstić information content (AvgIpc) is 3.67. The molecule has 2 aliphatic rings. The minimum atomic E-state index is -3.69. The SMILES string of the molecule is COc1ccc(/C=C/C(=O)N(Cc2ccccc2F)C2CC2)cc1S(=O)(=O)N1CCCCC1. The molecule has 176 valence electrons. The van der Waals surface area contributed by atoms with E-state index < -0.39 is 10.0 Å². The minimum Gasteiger partial charge on any atom is -0.495 e. The van der Waals surface area contributed by atoms with Crippen molar-refractivity contribution in [3.63, 3.8) is 0 Å². The first-order valence-corrected chi connectivity index (χ1v) is 12.7. The van der Waals surface area contributed by atoms with Crippen molar-refractivity contribution in [2.24, 2.45) is 0 Å². The van der Waals surface area contributed by atoms with Crippen molar-refractivity contribution in [2.45, 2.75) is 49.6 Å². The van der Waals surface area contributed by atoms with Crippen molar-refractivity contribution in [3.8, 4) is 5.75 Å². The number of nitrogens with zero attached hydrogens (tertiary/aromatic N) is 2. The molecule has 0 N–H and O–H groups in total. The molecular weight excluding hydrogens is 443 g/mol. The number of carbonyl (C=O) groups excluding carboxylic acids is 1. The van der Waals surface area contributed by atoms with Gasteiger partial charge < -0.3 is 9.64 Å². The number of hydrogen-bond donors (Lipinski definition) is 0. The average molecular weight is 473 g/mol. The summed E-state index contributed by atoms with van der Waals surface area (Å²) in [6.07, 6.45) is 7.54. The molecule has 1 saturated carbocycles. The van der Waals surface area contributed by atoms with E-state index in [1.807, 2.05) is 0 Å². The van der Waals surface area contributed by atoms with Crippen LogP contribution in [0.25, 0.3) is 6.08 Å². The summed E-state index contributed by atoms with van der Waals surface area (Å²) in [4.78, 5) is 14.7. The summed E-state index contributed by atoms with van der Waals surface area (Å²) >= 11 is 0. The summed E-state index contributed by atoms with van der Waals surface area (Å²) in [7, 11) is -2.25. The highest BCUT2D eigenvalue weighted by Crippen LogP contribution is 2.31. The molecule has 0 spiro atoms. The first-order chi connectivity index (χ1) is 15.9. The summed E-state index contributed by atoms with van der Waals surface area (Å²) in [5, 5.41) is 0. The highest BCUT2D eigenvalue weighted by molar-refractivity contribution is 7.89. The molecule has 6 nitrogen and oxygen atoms in total. The summed E-state index contributed by atoms with van der Waals surface area (Å²) < 4.78 is 47.3. The number of benzene rings is 2. The van der Waals surface area contributed by atoms with Crippen molar-refractivity contribution >= 4 is 22.0 Å². The van der Waals surface area contributed by atoms with E-state index in [-0.39, 0.29) is 35.0 Å². The molecule has 2 fully saturated rings.